The molecular formula is C8H17NO2S. The molecule has 72 valence electrons. The number of rotatable bonds is 3. The Bertz CT molecular complexity index is 130. The first-order valence-electron chi connectivity index (χ1n) is 4.38. The van der Waals surface area contributed by atoms with E-state index < -0.39 is 0 Å². The summed E-state index contributed by atoms with van der Waals surface area (Å²) >= 11 is 4.38. The van der Waals surface area contributed by atoms with Crippen LogP contribution in [0.15, 0.2) is 0 Å². The van der Waals surface area contributed by atoms with Crippen LogP contribution in [-0.4, -0.2) is 47.8 Å². The highest BCUT2D eigenvalue weighted by atomic mass is 32.1. The van der Waals surface area contributed by atoms with Gasteiger partial charge in [0.1, 0.15) is 0 Å². The summed E-state index contributed by atoms with van der Waals surface area (Å²) in [7, 11) is 0. The highest BCUT2D eigenvalue weighted by molar-refractivity contribution is 7.80. The Hall–Kier alpha value is 0.230. The topological polar surface area (TPSA) is 32.7 Å². The van der Waals surface area contributed by atoms with Gasteiger partial charge in [-0.15, -0.1) is 0 Å². The van der Waals surface area contributed by atoms with Crippen LogP contribution >= 0.6 is 12.6 Å². The number of aliphatic hydroxyl groups excluding tert-OH is 1. The van der Waals surface area contributed by atoms with E-state index in [1.54, 1.807) is 0 Å². The van der Waals surface area contributed by atoms with Crippen LogP contribution in [0.4, 0.5) is 0 Å². The largest absolute Gasteiger partial charge is 0.396 e. The Labute approximate surface area is 79.1 Å². The summed E-state index contributed by atoms with van der Waals surface area (Å²) in [4.78, 5) is 2.27. The quantitative estimate of drug-likeness (QED) is 0.631. The van der Waals surface area contributed by atoms with Gasteiger partial charge >= 0.3 is 0 Å². The second-order valence-electron chi connectivity index (χ2n) is 3.11. The zero-order chi connectivity index (χ0) is 8.97. The van der Waals surface area contributed by atoms with Crippen LogP contribution in [0.25, 0.3) is 0 Å². The molecule has 0 radical (unpaired) electrons. The second kappa shape index (κ2) is 5.07. The fraction of sp³-hybridized carbons (Fsp3) is 1.00. The molecule has 3 nitrogen and oxygen atoms in total. The van der Waals surface area contributed by atoms with Crippen molar-refractivity contribution in [1.82, 2.24) is 4.90 Å². The lowest BCUT2D eigenvalue weighted by Crippen LogP contribution is -2.48. The Morgan fingerprint density at radius 2 is 2.50 bits per heavy atom. The summed E-state index contributed by atoms with van der Waals surface area (Å²) in [6.07, 6.45) is 0.783. The molecule has 0 amide bonds. The third kappa shape index (κ3) is 2.62. The molecule has 0 aromatic heterocycles. The van der Waals surface area contributed by atoms with Crippen molar-refractivity contribution in [3.8, 4) is 0 Å². The molecule has 0 bridgehead atoms. The summed E-state index contributed by atoms with van der Waals surface area (Å²) in [6.45, 7) is 4.72. The molecule has 12 heavy (non-hydrogen) atoms. The van der Waals surface area contributed by atoms with Crippen molar-refractivity contribution >= 4 is 12.6 Å². The maximum Gasteiger partial charge on any atom is 0.0623 e. The highest BCUT2D eigenvalue weighted by Crippen LogP contribution is 2.15. The minimum absolute atomic E-state index is 0.227. The maximum atomic E-state index is 8.81. The van der Waals surface area contributed by atoms with Gasteiger partial charge in [-0.2, -0.15) is 12.6 Å². The van der Waals surface area contributed by atoms with Gasteiger partial charge in [-0.3, -0.25) is 4.90 Å². The number of ether oxygens (including phenoxy) is 1. The molecule has 1 unspecified atom stereocenters. The van der Waals surface area contributed by atoms with Gasteiger partial charge in [0.2, 0.25) is 0 Å². The Balaban J connectivity index is 2.42. The van der Waals surface area contributed by atoms with Crippen molar-refractivity contribution in [3.63, 3.8) is 0 Å². The summed E-state index contributed by atoms with van der Waals surface area (Å²) < 4.78 is 5.33. The van der Waals surface area contributed by atoms with Crippen molar-refractivity contribution in [1.29, 1.82) is 0 Å². The number of hydrogen-bond donors (Lipinski definition) is 2. The van der Waals surface area contributed by atoms with Crippen LogP contribution in [-0.2, 0) is 4.74 Å². The fourth-order valence-corrected chi connectivity index (χ4v) is 1.86. The van der Waals surface area contributed by atoms with E-state index in [4.69, 9.17) is 9.84 Å². The average Bonchev–Trinajstić information content (AvgIpc) is 2.05. The lowest BCUT2D eigenvalue weighted by Gasteiger charge is -2.37. The normalized spacial score (nSPS) is 28.8. The molecule has 1 N–H and O–H groups in total. The molecule has 1 rings (SSSR count). The third-order valence-electron chi connectivity index (χ3n) is 2.22. The first-order chi connectivity index (χ1) is 5.75. The minimum Gasteiger partial charge on any atom is -0.396 e. The zero-order valence-corrected chi connectivity index (χ0v) is 8.33. The monoisotopic (exact) mass is 191 g/mol. The molecule has 0 aliphatic carbocycles. The predicted octanol–water partition coefficient (Wildman–Crippen LogP) is 0.345. The maximum absolute atomic E-state index is 8.81. The summed E-state index contributed by atoms with van der Waals surface area (Å²) in [6, 6.07) is 0.344. The number of morpholine rings is 1. The fourth-order valence-electron chi connectivity index (χ4n) is 1.56. The van der Waals surface area contributed by atoms with Gasteiger partial charge in [-0.05, 0) is 13.3 Å². The predicted molar refractivity (Wildman–Crippen MR) is 51.5 cm³/mol. The van der Waals surface area contributed by atoms with E-state index in [9.17, 15) is 0 Å². The summed E-state index contributed by atoms with van der Waals surface area (Å²) in [5.74, 6) is 0. The lowest BCUT2D eigenvalue weighted by atomic mass is 10.1. The zero-order valence-electron chi connectivity index (χ0n) is 7.44. The van der Waals surface area contributed by atoms with Crippen molar-refractivity contribution in [2.45, 2.75) is 24.8 Å². The van der Waals surface area contributed by atoms with Crippen molar-refractivity contribution in [3.05, 3.63) is 0 Å². The molecule has 1 aliphatic heterocycles. The first-order valence-corrected chi connectivity index (χ1v) is 4.89. The molecule has 1 aliphatic rings. The molecule has 2 atom stereocenters. The van der Waals surface area contributed by atoms with Crippen LogP contribution in [0.3, 0.4) is 0 Å². The van der Waals surface area contributed by atoms with Gasteiger partial charge in [-0.1, -0.05) is 0 Å². The van der Waals surface area contributed by atoms with E-state index in [1.807, 2.05) is 0 Å². The minimum atomic E-state index is 0.227. The van der Waals surface area contributed by atoms with Crippen molar-refractivity contribution < 1.29 is 9.84 Å². The molecule has 0 aromatic rings. The van der Waals surface area contributed by atoms with Crippen LogP contribution in [0.5, 0.6) is 0 Å². The average molecular weight is 191 g/mol. The second-order valence-corrected chi connectivity index (χ2v) is 3.86. The molecular weight excluding hydrogens is 174 g/mol. The smallest absolute Gasteiger partial charge is 0.0623 e. The Morgan fingerprint density at radius 3 is 3.08 bits per heavy atom. The van der Waals surface area contributed by atoms with Crippen LogP contribution < -0.4 is 0 Å². The Kier molecular flexibility index (Phi) is 4.35. The standard InChI is InChI=1S/C8H17NO2S/c1-7(12)9-3-5-11-6-8(9)2-4-10/h7-8,10,12H,2-6H2,1H3/t7?,8-/m0/s1. The van der Waals surface area contributed by atoms with E-state index in [0.717, 1.165) is 26.2 Å². The number of aliphatic hydroxyl groups is 1. The van der Waals surface area contributed by atoms with E-state index in [-0.39, 0.29) is 12.0 Å². The van der Waals surface area contributed by atoms with E-state index in [0.29, 0.717) is 6.04 Å². The van der Waals surface area contributed by atoms with E-state index in [2.05, 4.69) is 24.5 Å². The third-order valence-corrected chi connectivity index (χ3v) is 2.51. The van der Waals surface area contributed by atoms with Gasteiger partial charge in [0.15, 0.2) is 0 Å². The van der Waals surface area contributed by atoms with Gasteiger partial charge in [-0.25, -0.2) is 0 Å². The SMILES string of the molecule is CC(S)N1CCOC[C@@H]1CCO. The van der Waals surface area contributed by atoms with Crippen LogP contribution in [0, 0.1) is 0 Å². The number of thiol groups is 1. The Morgan fingerprint density at radius 1 is 1.75 bits per heavy atom. The molecule has 0 aromatic carbocycles. The first kappa shape index (κ1) is 10.3. The van der Waals surface area contributed by atoms with E-state index >= 15 is 0 Å². The molecule has 4 heteroatoms. The van der Waals surface area contributed by atoms with E-state index in [1.165, 1.54) is 0 Å². The molecule has 0 saturated carbocycles. The molecule has 0 spiro atoms. The number of nitrogens with zero attached hydrogens (tertiary/aromatic N) is 1. The van der Waals surface area contributed by atoms with Gasteiger partial charge in [0.25, 0.3) is 0 Å². The summed E-state index contributed by atoms with van der Waals surface area (Å²) in [5, 5.41) is 9.07. The lowest BCUT2D eigenvalue weighted by molar-refractivity contribution is -0.0181. The van der Waals surface area contributed by atoms with Crippen molar-refractivity contribution in [2.75, 3.05) is 26.4 Å². The number of hydrogen-bond acceptors (Lipinski definition) is 4. The van der Waals surface area contributed by atoms with Gasteiger partial charge in [0.05, 0.1) is 18.6 Å². The van der Waals surface area contributed by atoms with Gasteiger partial charge in [0, 0.05) is 19.2 Å². The highest BCUT2D eigenvalue weighted by Gasteiger charge is 2.24. The van der Waals surface area contributed by atoms with Crippen molar-refractivity contribution in [2.24, 2.45) is 0 Å². The molecule has 1 fully saturated rings. The van der Waals surface area contributed by atoms with Crippen LogP contribution in [0.1, 0.15) is 13.3 Å². The molecule has 1 heterocycles. The molecule has 1 saturated heterocycles. The summed E-state index contributed by atoms with van der Waals surface area (Å²) in [5.41, 5.74) is 0. The van der Waals surface area contributed by atoms with Gasteiger partial charge < -0.3 is 9.84 Å². The van der Waals surface area contributed by atoms with Crippen LogP contribution in [0.2, 0.25) is 0 Å².